The predicted octanol–water partition coefficient (Wildman–Crippen LogP) is 2.77. The molecule has 0 aliphatic carbocycles. The Hall–Kier alpha value is -3.23. The van der Waals surface area contributed by atoms with E-state index in [2.05, 4.69) is 5.32 Å². The molecule has 2 N–H and O–H groups in total. The van der Waals surface area contributed by atoms with Crippen molar-refractivity contribution in [3.8, 4) is 6.07 Å². The number of anilines is 1. The second-order valence-electron chi connectivity index (χ2n) is 5.74. The first-order chi connectivity index (χ1) is 14.3. The number of carbonyl (C=O) groups excluding carboxylic acids is 3. The van der Waals surface area contributed by atoms with Crippen molar-refractivity contribution in [1.82, 2.24) is 0 Å². The van der Waals surface area contributed by atoms with E-state index in [1.807, 2.05) is 6.07 Å². The van der Waals surface area contributed by atoms with Gasteiger partial charge in [-0.25, -0.2) is 4.79 Å². The molecule has 11 heteroatoms. The summed E-state index contributed by atoms with van der Waals surface area (Å²) in [6, 6.07) is 3.43. The van der Waals surface area contributed by atoms with Crippen LogP contribution in [0.4, 0.5) is 5.00 Å². The first kappa shape index (κ1) is 23.1. The Labute approximate surface area is 179 Å². The summed E-state index contributed by atoms with van der Waals surface area (Å²) in [6.45, 7) is 3.37. The largest absolute Gasteiger partial charge is 0.477 e. The van der Waals surface area contributed by atoms with Gasteiger partial charge in [0, 0.05) is 5.56 Å². The highest BCUT2D eigenvalue weighted by Crippen LogP contribution is 2.35. The molecular weight excluding hydrogens is 432 g/mol. The van der Waals surface area contributed by atoms with Crippen LogP contribution in [-0.2, 0) is 30.3 Å². The van der Waals surface area contributed by atoms with Crippen molar-refractivity contribution in [2.45, 2.75) is 26.2 Å². The number of carboxylic acid groups (broad SMARTS) is 1. The van der Waals surface area contributed by atoms with Crippen LogP contribution in [0, 0.1) is 11.3 Å². The average Bonchev–Trinajstić information content (AvgIpc) is 3.30. The summed E-state index contributed by atoms with van der Waals surface area (Å²) in [4.78, 5) is 48.4. The second kappa shape index (κ2) is 10.5. The van der Waals surface area contributed by atoms with E-state index < -0.39 is 36.2 Å². The minimum atomic E-state index is -1.35. The van der Waals surface area contributed by atoms with Crippen LogP contribution in [0.3, 0.4) is 0 Å². The highest BCUT2D eigenvalue weighted by molar-refractivity contribution is 7.18. The van der Waals surface area contributed by atoms with Gasteiger partial charge in [0.15, 0.2) is 5.92 Å². The van der Waals surface area contributed by atoms with Crippen LogP contribution in [0.25, 0.3) is 0 Å². The van der Waals surface area contributed by atoms with E-state index in [1.165, 1.54) is 11.3 Å². The maximum Gasteiger partial charge on any atom is 0.346 e. The summed E-state index contributed by atoms with van der Waals surface area (Å²) in [5, 5.41) is 24.7. The standard InChI is InChI=1S/C19H18N2O7S2/c1-3-27-13(22)7-11-12(8-20)17(30-15(11)18(24)25)21-16(23)14(19(26)28-4-2)10-5-6-29-9-10/h5-6,9,14H,3-4,7H2,1-2H3,(H,21,23)(H,24,25). The molecule has 2 heterocycles. The van der Waals surface area contributed by atoms with Gasteiger partial charge in [-0.3, -0.25) is 14.4 Å². The quantitative estimate of drug-likeness (QED) is 0.438. The fraction of sp³-hybridized carbons (Fsp3) is 0.316. The van der Waals surface area contributed by atoms with Crippen LogP contribution in [0.5, 0.6) is 0 Å². The molecule has 2 rings (SSSR count). The summed E-state index contributed by atoms with van der Waals surface area (Å²) < 4.78 is 9.81. The maximum absolute atomic E-state index is 12.9. The third kappa shape index (κ3) is 5.22. The molecule has 0 aliphatic rings. The van der Waals surface area contributed by atoms with E-state index >= 15 is 0 Å². The number of nitrogens with one attached hydrogen (secondary N) is 1. The van der Waals surface area contributed by atoms with Gasteiger partial charge in [0.2, 0.25) is 5.91 Å². The van der Waals surface area contributed by atoms with Gasteiger partial charge in [-0.15, -0.1) is 11.3 Å². The minimum Gasteiger partial charge on any atom is -0.477 e. The first-order valence-corrected chi connectivity index (χ1v) is 10.5. The maximum atomic E-state index is 12.9. The zero-order valence-electron chi connectivity index (χ0n) is 16.1. The Bertz CT molecular complexity index is 989. The number of aromatic carboxylic acids is 1. The molecule has 0 spiro atoms. The SMILES string of the molecule is CCOC(=O)Cc1c(C(=O)O)sc(NC(=O)C(C(=O)OCC)c2ccsc2)c1C#N. The van der Waals surface area contributed by atoms with Crippen LogP contribution < -0.4 is 5.32 Å². The van der Waals surface area contributed by atoms with Gasteiger partial charge >= 0.3 is 17.9 Å². The van der Waals surface area contributed by atoms with Gasteiger partial charge in [-0.1, -0.05) is 0 Å². The van der Waals surface area contributed by atoms with Crippen LogP contribution in [0.2, 0.25) is 0 Å². The molecule has 0 saturated carbocycles. The van der Waals surface area contributed by atoms with Crippen molar-refractivity contribution in [2.24, 2.45) is 0 Å². The van der Waals surface area contributed by atoms with Crippen molar-refractivity contribution in [2.75, 3.05) is 18.5 Å². The van der Waals surface area contributed by atoms with Crippen LogP contribution in [0.15, 0.2) is 16.8 Å². The fourth-order valence-corrected chi connectivity index (χ4v) is 4.31. The van der Waals surface area contributed by atoms with Gasteiger partial charge in [0.05, 0.1) is 25.2 Å². The van der Waals surface area contributed by atoms with E-state index in [0.717, 1.165) is 0 Å². The highest BCUT2D eigenvalue weighted by atomic mass is 32.1. The van der Waals surface area contributed by atoms with Crippen molar-refractivity contribution in [3.63, 3.8) is 0 Å². The molecule has 0 aliphatic heterocycles. The topological polar surface area (TPSA) is 143 Å². The first-order valence-electron chi connectivity index (χ1n) is 8.78. The van der Waals surface area contributed by atoms with Crippen molar-refractivity contribution >= 4 is 51.5 Å². The van der Waals surface area contributed by atoms with Gasteiger partial charge < -0.3 is 19.9 Å². The molecule has 9 nitrogen and oxygen atoms in total. The molecule has 0 radical (unpaired) electrons. The molecule has 30 heavy (non-hydrogen) atoms. The number of rotatable bonds is 9. The normalized spacial score (nSPS) is 11.2. The third-order valence-electron chi connectivity index (χ3n) is 3.84. The molecule has 158 valence electrons. The van der Waals surface area contributed by atoms with Crippen molar-refractivity contribution in [3.05, 3.63) is 38.4 Å². The number of carbonyl (C=O) groups is 4. The minimum absolute atomic E-state index is 0.0491. The van der Waals surface area contributed by atoms with Gasteiger partial charge in [0.1, 0.15) is 15.9 Å². The number of carboxylic acids is 1. The number of hydrogen-bond acceptors (Lipinski definition) is 9. The molecule has 1 amide bonds. The molecule has 2 aromatic heterocycles. The Kier molecular flexibility index (Phi) is 8.08. The summed E-state index contributed by atoms with van der Waals surface area (Å²) in [5.74, 6) is -4.88. The van der Waals surface area contributed by atoms with Crippen LogP contribution in [-0.4, -0.2) is 42.1 Å². The lowest BCUT2D eigenvalue weighted by Gasteiger charge is -2.14. The number of nitriles is 1. The highest BCUT2D eigenvalue weighted by Gasteiger charge is 2.33. The summed E-state index contributed by atoms with van der Waals surface area (Å²) >= 11 is 1.93. The molecular formula is C19H18N2O7S2. The molecule has 0 bridgehead atoms. The number of ether oxygens (including phenoxy) is 2. The van der Waals surface area contributed by atoms with E-state index in [0.29, 0.717) is 16.9 Å². The fourth-order valence-electron chi connectivity index (χ4n) is 2.61. The molecule has 2 aromatic rings. The third-order valence-corrected chi connectivity index (χ3v) is 5.67. The summed E-state index contributed by atoms with van der Waals surface area (Å²) in [6.07, 6.45) is -0.434. The Morgan fingerprint density at radius 3 is 2.47 bits per heavy atom. The van der Waals surface area contributed by atoms with E-state index in [1.54, 1.807) is 30.7 Å². The van der Waals surface area contributed by atoms with E-state index in [9.17, 15) is 29.5 Å². The van der Waals surface area contributed by atoms with Gasteiger partial charge in [-0.2, -0.15) is 16.6 Å². The number of hydrogen-bond donors (Lipinski definition) is 2. The Morgan fingerprint density at radius 1 is 1.23 bits per heavy atom. The number of amides is 1. The molecule has 1 unspecified atom stereocenters. The van der Waals surface area contributed by atoms with Gasteiger partial charge in [-0.05, 0) is 36.2 Å². The molecule has 1 atom stereocenters. The molecule has 0 saturated heterocycles. The smallest absolute Gasteiger partial charge is 0.346 e. The zero-order chi connectivity index (χ0) is 22.3. The van der Waals surface area contributed by atoms with E-state index in [4.69, 9.17) is 9.47 Å². The molecule has 0 aromatic carbocycles. The lowest BCUT2D eigenvalue weighted by molar-refractivity contribution is -0.147. The van der Waals surface area contributed by atoms with Crippen LogP contribution in [0.1, 0.15) is 46.1 Å². The lowest BCUT2D eigenvalue weighted by atomic mass is 10.0. The number of thiophene rings is 2. The van der Waals surface area contributed by atoms with E-state index in [-0.39, 0.29) is 34.2 Å². The number of esters is 2. The average molecular weight is 450 g/mol. The number of nitrogens with zero attached hydrogens (tertiary/aromatic N) is 1. The summed E-state index contributed by atoms with van der Waals surface area (Å²) in [7, 11) is 0. The monoisotopic (exact) mass is 450 g/mol. The molecule has 0 fully saturated rings. The van der Waals surface area contributed by atoms with Crippen LogP contribution >= 0.6 is 22.7 Å². The zero-order valence-corrected chi connectivity index (χ0v) is 17.7. The van der Waals surface area contributed by atoms with Gasteiger partial charge in [0.25, 0.3) is 0 Å². The second-order valence-corrected chi connectivity index (χ2v) is 7.54. The Morgan fingerprint density at radius 2 is 1.93 bits per heavy atom. The van der Waals surface area contributed by atoms with Crippen molar-refractivity contribution in [1.29, 1.82) is 5.26 Å². The predicted molar refractivity (Wildman–Crippen MR) is 109 cm³/mol. The Balaban J connectivity index is 2.41. The van der Waals surface area contributed by atoms with Crippen molar-refractivity contribution < 1.29 is 33.8 Å². The summed E-state index contributed by atoms with van der Waals surface area (Å²) in [5.41, 5.74) is 0.204. The lowest BCUT2D eigenvalue weighted by Crippen LogP contribution is -2.29.